The topological polar surface area (TPSA) is 125 Å². The molecule has 1 aliphatic heterocycles. The molecular formula is C24H23N9. The third kappa shape index (κ3) is 5.37. The first kappa shape index (κ1) is 21.6. The Morgan fingerprint density at radius 2 is 1.24 bits per heavy atom. The molecule has 0 saturated carbocycles. The van der Waals surface area contributed by atoms with Crippen LogP contribution in [0.3, 0.4) is 0 Å². The second-order valence-corrected chi connectivity index (χ2v) is 7.36. The highest BCUT2D eigenvalue weighted by Gasteiger charge is 2.13. The summed E-state index contributed by atoms with van der Waals surface area (Å²) in [5.41, 5.74) is 8.65. The first-order valence-electron chi connectivity index (χ1n) is 10.5. The number of anilines is 2. The van der Waals surface area contributed by atoms with E-state index in [1.165, 1.54) is 0 Å². The molecule has 5 rings (SSSR count). The molecule has 3 N–H and O–H groups in total. The molecular weight excluding hydrogens is 414 g/mol. The third-order valence-electron chi connectivity index (χ3n) is 5.15. The highest BCUT2D eigenvalue weighted by atomic mass is 15.4. The van der Waals surface area contributed by atoms with Crippen molar-refractivity contribution in [2.24, 2.45) is 0 Å². The van der Waals surface area contributed by atoms with Gasteiger partial charge in [0.25, 0.3) is 0 Å². The van der Waals surface area contributed by atoms with E-state index in [1.54, 1.807) is 29.1 Å². The highest BCUT2D eigenvalue weighted by Crippen LogP contribution is 2.15. The van der Waals surface area contributed by atoms with Crippen LogP contribution in [0, 0.1) is 22.7 Å². The number of aromatic nitrogens is 4. The predicted molar refractivity (Wildman–Crippen MR) is 126 cm³/mol. The molecule has 4 aromatic rings. The number of nitrogens with one attached hydrogen (secondary N) is 1. The third-order valence-corrected chi connectivity index (χ3v) is 5.15. The number of nitrogen functional groups attached to an aromatic ring is 1. The molecule has 164 valence electrons. The molecule has 33 heavy (non-hydrogen) atoms. The van der Waals surface area contributed by atoms with Crippen molar-refractivity contribution in [1.29, 1.82) is 10.5 Å². The fraction of sp³-hybridized carbons (Fsp3) is 0.167. The lowest BCUT2D eigenvalue weighted by Crippen LogP contribution is -2.43. The molecule has 2 aromatic heterocycles. The van der Waals surface area contributed by atoms with Crippen LogP contribution in [-0.2, 0) is 0 Å². The Hall–Kier alpha value is -4.60. The van der Waals surface area contributed by atoms with Gasteiger partial charge in [-0.25, -0.2) is 9.36 Å². The molecule has 0 aliphatic carbocycles. The lowest BCUT2D eigenvalue weighted by molar-refractivity contribution is 0.583. The standard InChI is InChI=1S/C14H15N5.C10H8N4/c15-11-12-1-3-13(4-2-12)19-8-5-14(17-19)18-9-6-16-7-10-18;11-7-8-1-3-9(4-2-8)14-6-5-10(12)13-14/h1-5,8,16H,6-7,9-10H2;1-6H,(H2,12,13). The van der Waals surface area contributed by atoms with Gasteiger partial charge in [-0.3, -0.25) is 0 Å². The largest absolute Gasteiger partial charge is 0.382 e. The summed E-state index contributed by atoms with van der Waals surface area (Å²) in [6, 6.07) is 22.5. The average Bonchev–Trinajstić information content (AvgIpc) is 3.55. The van der Waals surface area contributed by atoms with E-state index in [-0.39, 0.29) is 0 Å². The number of rotatable bonds is 3. The molecule has 0 radical (unpaired) electrons. The Morgan fingerprint density at radius 1 is 0.727 bits per heavy atom. The molecule has 0 spiro atoms. The number of nitrogens with two attached hydrogens (primary N) is 1. The molecule has 1 aliphatic rings. The van der Waals surface area contributed by atoms with Crippen LogP contribution in [0.1, 0.15) is 11.1 Å². The van der Waals surface area contributed by atoms with Gasteiger partial charge in [-0.1, -0.05) is 0 Å². The van der Waals surface area contributed by atoms with Crippen LogP contribution < -0.4 is 16.0 Å². The van der Waals surface area contributed by atoms with Crippen molar-refractivity contribution < 1.29 is 0 Å². The van der Waals surface area contributed by atoms with Crippen molar-refractivity contribution in [2.45, 2.75) is 0 Å². The average molecular weight is 438 g/mol. The summed E-state index contributed by atoms with van der Waals surface area (Å²) in [5, 5.41) is 29.4. The molecule has 0 atom stereocenters. The van der Waals surface area contributed by atoms with Crippen LogP contribution in [0.25, 0.3) is 11.4 Å². The molecule has 9 heteroatoms. The van der Waals surface area contributed by atoms with Gasteiger partial charge in [0.1, 0.15) is 5.82 Å². The minimum absolute atomic E-state index is 0.481. The Labute approximate surface area is 191 Å². The van der Waals surface area contributed by atoms with Crippen molar-refractivity contribution in [3.63, 3.8) is 0 Å². The first-order valence-corrected chi connectivity index (χ1v) is 10.5. The maximum absolute atomic E-state index is 8.79. The van der Waals surface area contributed by atoms with E-state index in [0.717, 1.165) is 43.4 Å². The van der Waals surface area contributed by atoms with Crippen LogP contribution in [0.2, 0.25) is 0 Å². The molecule has 1 fully saturated rings. The van der Waals surface area contributed by atoms with Gasteiger partial charge in [0, 0.05) is 50.7 Å². The van der Waals surface area contributed by atoms with E-state index in [1.807, 2.05) is 53.3 Å². The Morgan fingerprint density at radius 3 is 1.73 bits per heavy atom. The molecule has 3 heterocycles. The number of nitriles is 2. The van der Waals surface area contributed by atoms with E-state index in [2.05, 4.69) is 32.6 Å². The Bertz CT molecular complexity index is 1270. The van der Waals surface area contributed by atoms with Crippen molar-refractivity contribution in [1.82, 2.24) is 24.9 Å². The number of benzene rings is 2. The zero-order chi connectivity index (χ0) is 23.0. The van der Waals surface area contributed by atoms with Crippen LogP contribution in [0.15, 0.2) is 73.1 Å². The molecule has 0 amide bonds. The van der Waals surface area contributed by atoms with Crippen molar-refractivity contribution >= 4 is 11.6 Å². The molecule has 9 nitrogen and oxygen atoms in total. The van der Waals surface area contributed by atoms with Crippen molar-refractivity contribution in [3.8, 4) is 23.5 Å². The van der Waals surface area contributed by atoms with Gasteiger partial charge in [-0.2, -0.15) is 20.7 Å². The molecule has 2 aromatic carbocycles. The van der Waals surface area contributed by atoms with Gasteiger partial charge in [0.2, 0.25) is 0 Å². The molecule has 1 saturated heterocycles. The number of hydrogen-bond acceptors (Lipinski definition) is 7. The van der Waals surface area contributed by atoms with E-state index in [4.69, 9.17) is 16.3 Å². The maximum Gasteiger partial charge on any atom is 0.151 e. The van der Waals surface area contributed by atoms with Gasteiger partial charge in [-0.05, 0) is 48.5 Å². The number of piperazine rings is 1. The highest BCUT2D eigenvalue weighted by molar-refractivity contribution is 5.43. The SMILES string of the molecule is N#Cc1ccc(-n2ccc(N)n2)cc1.N#Cc1ccc(-n2ccc(N3CCNCC3)n2)cc1. The number of hydrogen-bond donors (Lipinski definition) is 2. The summed E-state index contributed by atoms with van der Waals surface area (Å²) in [7, 11) is 0. The van der Waals surface area contributed by atoms with Crippen molar-refractivity contribution in [2.75, 3.05) is 36.8 Å². The van der Waals surface area contributed by atoms with Gasteiger partial charge in [0.05, 0.1) is 34.6 Å². The summed E-state index contributed by atoms with van der Waals surface area (Å²) in [6.07, 6.45) is 3.73. The van der Waals surface area contributed by atoms with E-state index < -0.39 is 0 Å². The van der Waals surface area contributed by atoms with Crippen LogP contribution >= 0.6 is 0 Å². The van der Waals surface area contributed by atoms with Crippen LogP contribution in [0.5, 0.6) is 0 Å². The summed E-state index contributed by atoms with van der Waals surface area (Å²) in [6.45, 7) is 3.99. The lowest BCUT2D eigenvalue weighted by Gasteiger charge is -2.27. The van der Waals surface area contributed by atoms with Gasteiger partial charge in [0.15, 0.2) is 5.82 Å². The number of nitrogens with zero attached hydrogens (tertiary/aromatic N) is 7. The second-order valence-electron chi connectivity index (χ2n) is 7.36. The van der Waals surface area contributed by atoms with Crippen LogP contribution in [0.4, 0.5) is 11.6 Å². The summed E-state index contributed by atoms with van der Waals surface area (Å²) in [4.78, 5) is 2.27. The minimum Gasteiger partial charge on any atom is -0.382 e. The normalized spacial score (nSPS) is 12.8. The monoisotopic (exact) mass is 437 g/mol. The predicted octanol–water partition coefficient (Wildman–Crippen LogP) is 2.48. The quantitative estimate of drug-likeness (QED) is 0.504. The Balaban J connectivity index is 0.000000165. The Kier molecular flexibility index (Phi) is 6.64. The van der Waals surface area contributed by atoms with Gasteiger partial charge >= 0.3 is 0 Å². The summed E-state index contributed by atoms with van der Waals surface area (Å²) < 4.78 is 3.51. The smallest absolute Gasteiger partial charge is 0.151 e. The summed E-state index contributed by atoms with van der Waals surface area (Å²) >= 11 is 0. The zero-order valence-corrected chi connectivity index (χ0v) is 18.0. The van der Waals surface area contributed by atoms with E-state index >= 15 is 0 Å². The minimum atomic E-state index is 0.481. The molecule has 0 bridgehead atoms. The fourth-order valence-corrected chi connectivity index (χ4v) is 3.38. The van der Waals surface area contributed by atoms with Gasteiger partial charge in [-0.15, -0.1) is 0 Å². The molecule has 0 unspecified atom stereocenters. The van der Waals surface area contributed by atoms with Crippen LogP contribution in [-0.4, -0.2) is 45.7 Å². The fourth-order valence-electron chi connectivity index (χ4n) is 3.38. The summed E-state index contributed by atoms with van der Waals surface area (Å²) in [5.74, 6) is 1.49. The van der Waals surface area contributed by atoms with Gasteiger partial charge < -0.3 is 16.0 Å². The zero-order valence-electron chi connectivity index (χ0n) is 18.0. The van der Waals surface area contributed by atoms with Crippen molar-refractivity contribution in [3.05, 3.63) is 84.2 Å². The maximum atomic E-state index is 8.79. The first-order chi connectivity index (χ1) is 16.2. The second kappa shape index (κ2) is 10.1. The lowest BCUT2D eigenvalue weighted by atomic mass is 10.2. The van der Waals surface area contributed by atoms with E-state index in [9.17, 15) is 0 Å². The van der Waals surface area contributed by atoms with E-state index in [0.29, 0.717) is 16.9 Å².